The van der Waals surface area contributed by atoms with Crippen molar-refractivity contribution in [2.24, 2.45) is 0 Å². The predicted molar refractivity (Wildman–Crippen MR) is 154 cm³/mol. The standard InChI is InChI=1S/C31H30FN7O/c1-22-28-29(37-17-10-18-38(20-19-37)31(40)33-26-16-9-8-15-25(26)32)34-27(21-23-11-4-2-5-12-23)35-30(28)39(36-22)24-13-6-3-7-14-24/h2-9,11-16H,10,17-21H2,1H3,(H,33,40). The van der Waals surface area contributed by atoms with Crippen LogP contribution in [-0.2, 0) is 6.42 Å². The topological polar surface area (TPSA) is 79.2 Å². The normalized spacial score (nSPS) is 13.8. The molecule has 9 heteroatoms. The van der Waals surface area contributed by atoms with Crippen molar-refractivity contribution in [3.63, 3.8) is 0 Å². The summed E-state index contributed by atoms with van der Waals surface area (Å²) >= 11 is 0. The quantitative estimate of drug-likeness (QED) is 0.317. The van der Waals surface area contributed by atoms with Crippen molar-refractivity contribution in [1.82, 2.24) is 24.6 Å². The van der Waals surface area contributed by atoms with Crippen molar-refractivity contribution in [2.45, 2.75) is 19.8 Å². The summed E-state index contributed by atoms with van der Waals surface area (Å²) < 4.78 is 16.0. The average molecular weight is 536 g/mol. The fourth-order valence-electron chi connectivity index (χ4n) is 5.13. The number of fused-ring (bicyclic) bond motifs is 1. The van der Waals surface area contributed by atoms with E-state index < -0.39 is 5.82 Å². The fraction of sp³-hybridized carbons (Fsp3) is 0.226. The first-order valence-electron chi connectivity index (χ1n) is 13.5. The second-order valence-electron chi connectivity index (χ2n) is 9.89. The van der Waals surface area contributed by atoms with Gasteiger partial charge in [-0.1, -0.05) is 60.7 Å². The summed E-state index contributed by atoms with van der Waals surface area (Å²) in [6, 6.07) is 26.1. The maximum Gasteiger partial charge on any atom is 0.321 e. The van der Waals surface area contributed by atoms with Gasteiger partial charge in [-0.15, -0.1) is 0 Å². The average Bonchev–Trinajstić information content (AvgIpc) is 3.14. The lowest BCUT2D eigenvalue weighted by Gasteiger charge is -2.24. The van der Waals surface area contributed by atoms with Gasteiger partial charge in [-0.2, -0.15) is 5.10 Å². The number of aryl methyl sites for hydroxylation is 1. The third kappa shape index (κ3) is 5.22. The number of carbonyl (C=O) groups is 1. The Morgan fingerprint density at radius 1 is 0.875 bits per heavy atom. The number of carbonyl (C=O) groups excluding carboxylic acids is 1. The number of anilines is 2. The molecule has 2 aromatic heterocycles. The second-order valence-corrected chi connectivity index (χ2v) is 9.89. The molecule has 1 saturated heterocycles. The predicted octanol–water partition coefficient (Wildman–Crippen LogP) is 5.60. The molecule has 0 bridgehead atoms. The van der Waals surface area contributed by atoms with Gasteiger partial charge in [0.1, 0.15) is 17.5 Å². The molecule has 3 aromatic carbocycles. The number of hydrogen-bond donors (Lipinski definition) is 1. The lowest BCUT2D eigenvalue weighted by atomic mass is 10.1. The van der Waals surface area contributed by atoms with E-state index in [1.54, 1.807) is 23.1 Å². The molecule has 0 aliphatic carbocycles. The zero-order chi connectivity index (χ0) is 27.5. The molecule has 1 fully saturated rings. The molecule has 0 saturated carbocycles. The second kappa shape index (κ2) is 11.1. The van der Waals surface area contributed by atoms with E-state index in [-0.39, 0.29) is 11.7 Å². The highest BCUT2D eigenvalue weighted by Gasteiger charge is 2.25. The van der Waals surface area contributed by atoms with Crippen LogP contribution < -0.4 is 10.2 Å². The number of para-hydroxylation sites is 2. The minimum Gasteiger partial charge on any atom is -0.354 e. The number of rotatable bonds is 5. The molecule has 1 N–H and O–H groups in total. The van der Waals surface area contributed by atoms with Crippen molar-refractivity contribution >= 4 is 28.6 Å². The van der Waals surface area contributed by atoms with Gasteiger partial charge < -0.3 is 15.1 Å². The maximum atomic E-state index is 14.1. The monoisotopic (exact) mass is 535 g/mol. The first-order valence-corrected chi connectivity index (χ1v) is 13.5. The molecule has 5 aromatic rings. The zero-order valence-corrected chi connectivity index (χ0v) is 22.3. The summed E-state index contributed by atoms with van der Waals surface area (Å²) in [7, 11) is 0. The Kier molecular flexibility index (Phi) is 7.09. The van der Waals surface area contributed by atoms with Gasteiger partial charge in [-0.05, 0) is 43.2 Å². The van der Waals surface area contributed by atoms with Crippen LogP contribution in [0, 0.1) is 12.7 Å². The van der Waals surface area contributed by atoms with Crippen LogP contribution in [0.2, 0.25) is 0 Å². The van der Waals surface area contributed by atoms with Crippen LogP contribution in [0.15, 0.2) is 84.9 Å². The first-order chi connectivity index (χ1) is 19.6. The Bertz CT molecular complexity index is 1640. The lowest BCUT2D eigenvalue weighted by Crippen LogP contribution is -2.38. The minimum absolute atomic E-state index is 0.181. The number of benzene rings is 3. The first kappa shape index (κ1) is 25.5. The van der Waals surface area contributed by atoms with Gasteiger partial charge in [0.25, 0.3) is 0 Å². The molecule has 1 aliphatic rings. The third-order valence-electron chi connectivity index (χ3n) is 7.13. The molecule has 0 radical (unpaired) electrons. The molecule has 1 aliphatic heterocycles. The number of urea groups is 1. The summed E-state index contributed by atoms with van der Waals surface area (Å²) in [5, 5.41) is 8.48. The largest absolute Gasteiger partial charge is 0.354 e. The molecule has 0 unspecified atom stereocenters. The summed E-state index contributed by atoms with van der Waals surface area (Å²) in [6.45, 7) is 4.32. The molecule has 0 atom stereocenters. The van der Waals surface area contributed by atoms with Crippen molar-refractivity contribution < 1.29 is 9.18 Å². The van der Waals surface area contributed by atoms with E-state index in [4.69, 9.17) is 15.1 Å². The molecule has 3 heterocycles. The Morgan fingerprint density at radius 3 is 2.38 bits per heavy atom. The highest BCUT2D eigenvalue weighted by Crippen LogP contribution is 2.30. The summed E-state index contributed by atoms with van der Waals surface area (Å²) in [6.07, 6.45) is 1.34. The van der Waals surface area contributed by atoms with Crippen LogP contribution in [0.25, 0.3) is 16.7 Å². The smallest absolute Gasteiger partial charge is 0.321 e. The van der Waals surface area contributed by atoms with E-state index in [0.717, 1.165) is 46.8 Å². The van der Waals surface area contributed by atoms with Crippen LogP contribution in [0.5, 0.6) is 0 Å². The van der Waals surface area contributed by atoms with E-state index in [1.165, 1.54) is 6.07 Å². The zero-order valence-electron chi connectivity index (χ0n) is 22.3. The molecular weight excluding hydrogens is 505 g/mol. The van der Waals surface area contributed by atoms with Crippen LogP contribution >= 0.6 is 0 Å². The van der Waals surface area contributed by atoms with Gasteiger partial charge in [-0.25, -0.2) is 23.8 Å². The van der Waals surface area contributed by atoms with Crippen molar-refractivity contribution in [3.05, 3.63) is 108 Å². The number of nitrogens with one attached hydrogen (secondary N) is 1. The Morgan fingerprint density at radius 2 is 1.60 bits per heavy atom. The minimum atomic E-state index is -0.451. The van der Waals surface area contributed by atoms with Crippen LogP contribution in [0.4, 0.5) is 20.7 Å². The van der Waals surface area contributed by atoms with Gasteiger partial charge in [0, 0.05) is 32.6 Å². The van der Waals surface area contributed by atoms with Crippen molar-refractivity contribution in [2.75, 3.05) is 36.4 Å². The van der Waals surface area contributed by atoms with E-state index in [1.807, 2.05) is 60.1 Å². The molecule has 2 amide bonds. The highest BCUT2D eigenvalue weighted by molar-refractivity contribution is 5.91. The van der Waals surface area contributed by atoms with Crippen molar-refractivity contribution in [1.29, 1.82) is 0 Å². The molecule has 202 valence electrons. The number of hydrogen-bond acceptors (Lipinski definition) is 5. The Hall–Kier alpha value is -4.79. The summed E-state index contributed by atoms with van der Waals surface area (Å²) in [5.41, 5.74) is 3.85. The molecular formula is C31H30FN7O. The molecule has 8 nitrogen and oxygen atoms in total. The number of halogens is 1. The number of nitrogens with zero attached hydrogens (tertiary/aromatic N) is 6. The van der Waals surface area contributed by atoms with E-state index in [2.05, 4.69) is 22.3 Å². The SMILES string of the molecule is Cc1nn(-c2ccccc2)c2nc(Cc3ccccc3)nc(N3CCCN(C(=O)Nc4ccccc4F)CC3)c12. The summed E-state index contributed by atoms with van der Waals surface area (Å²) in [5.74, 6) is 1.09. The van der Waals surface area contributed by atoms with E-state index in [0.29, 0.717) is 31.9 Å². The third-order valence-corrected chi connectivity index (χ3v) is 7.13. The van der Waals surface area contributed by atoms with Crippen LogP contribution in [0.3, 0.4) is 0 Å². The van der Waals surface area contributed by atoms with Crippen LogP contribution in [-0.4, -0.2) is 56.9 Å². The van der Waals surface area contributed by atoms with Gasteiger partial charge in [0.05, 0.1) is 22.5 Å². The van der Waals surface area contributed by atoms with E-state index in [9.17, 15) is 9.18 Å². The van der Waals surface area contributed by atoms with E-state index >= 15 is 0 Å². The van der Waals surface area contributed by atoms with Gasteiger partial charge in [0.15, 0.2) is 5.65 Å². The molecule has 40 heavy (non-hydrogen) atoms. The fourth-order valence-corrected chi connectivity index (χ4v) is 5.13. The number of amides is 2. The summed E-state index contributed by atoms with van der Waals surface area (Å²) in [4.78, 5) is 27.0. The molecule has 0 spiro atoms. The highest BCUT2D eigenvalue weighted by atomic mass is 19.1. The van der Waals surface area contributed by atoms with Crippen LogP contribution in [0.1, 0.15) is 23.5 Å². The molecule has 6 rings (SSSR count). The van der Waals surface area contributed by atoms with Gasteiger partial charge in [-0.3, -0.25) is 0 Å². The van der Waals surface area contributed by atoms with Gasteiger partial charge >= 0.3 is 6.03 Å². The number of aromatic nitrogens is 4. The Labute approximate surface area is 232 Å². The Balaban J connectivity index is 1.33. The lowest BCUT2D eigenvalue weighted by molar-refractivity contribution is 0.215. The maximum absolute atomic E-state index is 14.1. The van der Waals surface area contributed by atoms with Gasteiger partial charge in [0.2, 0.25) is 0 Å². The van der Waals surface area contributed by atoms with Crippen molar-refractivity contribution in [3.8, 4) is 5.69 Å².